The van der Waals surface area contributed by atoms with E-state index in [1.807, 2.05) is 13.0 Å². The second kappa shape index (κ2) is 7.96. The molecule has 0 unspecified atom stereocenters. The van der Waals surface area contributed by atoms with Crippen molar-refractivity contribution >= 4 is 45.0 Å². The van der Waals surface area contributed by atoms with Crippen molar-refractivity contribution in [2.75, 3.05) is 11.1 Å². The number of thiazole rings is 1. The van der Waals surface area contributed by atoms with Crippen LogP contribution in [0.1, 0.15) is 16.8 Å². The number of aromatic nitrogens is 3. The van der Waals surface area contributed by atoms with Gasteiger partial charge in [-0.05, 0) is 68.3 Å². The summed E-state index contributed by atoms with van der Waals surface area (Å²) < 4.78 is 15.8. The molecule has 148 valence electrons. The summed E-state index contributed by atoms with van der Waals surface area (Å²) in [4.78, 5) is 18.0. The quantitative estimate of drug-likeness (QED) is 0.441. The van der Waals surface area contributed by atoms with E-state index in [4.69, 9.17) is 4.98 Å². The first kappa shape index (κ1) is 19.6. The van der Waals surface area contributed by atoms with Crippen LogP contribution < -0.4 is 5.32 Å². The van der Waals surface area contributed by atoms with Gasteiger partial charge in [-0.2, -0.15) is 9.78 Å². The number of nitrogens with one attached hydrogen (secondary N) is 1. The zero-order valence-corrected chi connectivity index (χ0v) is 17.8. The van der Waals surface area contributed by atoms with Crippen LogP contribution in [0.4, 0.5) is 10.2 Å². The second-order valence-electron chi connectivity index (χ2n) is 6.77. The molecule has 1 amide bonds. The molecule has 0 bridgehead atoms. The van der Waals surface area contributed by atoms with Crippen LogP contribution in [0.3, 0.4) is 0 Å². The third-order valence-electron chi connectivity index (χ3n) is 4.46. The molecule has 29 heavy (non-hydrogen) atoms. The van der Waals surface area contributed by atoms with E-state index in [1.165, 1.54) is 46.4 Å². The van der Waals surface area contributed by atoms with E-state index < -0.39 is 0 Å². The van der Waals surface area contributed by atoms with E-state index in [9.17, 15) is 9.18 Å². The summed E-state index contributed by atoms with van der Waals surface area (Å²) >= 11 is 2.89. The average Bonchev–Trinajstić information content (AvgIpc) is 3.24. The Balaban J connectivity index is 1.53. The van der Waals surface area contributed by atoms with Crippen LogP contribution in [0.5, 0.6) is 0 Å². The molecule has 0 aliphatic carbocycles. The van der Waals surface area contributed by atoms with Gasteiger partial charge in [0.2, 0.25) is 11.0 Å². The molecular weight excluding hydrogens is 407 g/mol. The summed E-state index contributed by atoms with van der Waals surface area (Å²) in [5.74, 6) is 0.348. The van der Waals surface area contributed by atoms with Crippen molar-refractivity contribution in [2.45, 2.75) is 25.7 Å². The minimum absolute atomic E-state index is 0.159. The summed E-state index contributed by atoms with van der Waals surface area (Å²) in [5.41, 5.74) is 4.12. The van der Waals surface area contributed by atoms with Crippen LogP contribution >= 0.6 is 23.1 Å². The molecular formula is C21H19FN4OS2. The normalized spacial score (nSPS) is 11.2. The maximum Gasteiger partial charge on any atom is 0.235 e. The molecule has 0 fully saturated rings. The summed E-state index contributed by atoms with van der Waals surface area (Å²) in [6, 6.07) is 12.1. The molecule has 5 nitrogen and oxygen atoms in total. The van der Waals surface area contributed by atoms with E-state index in [-0.39, 0.29) is 17.5 Å². The first-order valence-electron chi connectivity index (χ1n) is 9.02. The van der Waals surface area contributed by atoms with Gasteiger partial charge in [0.15, 0.2) is 0 Å². The lowest BCUT2D eigenvalue weighted by molar-refractivity contribution is -0.113. The summed E-state index contributed by atoms with van der Waals surface area (Å²) in [6.07, 6.45) is 0. The van der Waals surface area contributed by atoms with Crippen molar-refractivity contribution < 1.29 is 9.18 Å². The molecule has 0 atom stereocenters. The molecule has 0 spiro atoms. The second-order valence-corrected chi connectivity index (χ2v) is 8.83. The standard InChI is InChI=1S/C21H19FN4OS2/c1-12-8-17-18(9-13(12)2)29-21(23-17)26-19(10-14(3)25-26)24-20(27)11-28-16-6-4-15(22)5-7-16/h4-10H,11H2,1-3H3,(H,24,27). The average molecular weight is 427 g/mol. The minimum Gasteiger partial charge on any atom is -0.310 e. The number of rotatable bonds is 5. The number of hydrogen-bond donors (Lipinski definition) is 1. The van der Waals surface area contributed by atoms with Crippen LogP contribution in [-0.2, 0) is 4.79 Å². The summed E-state index contributed by atoms with van der Waals surface area (Å²) in [7, 11) is 0. The number of aryl methyl sites for hydroxylation is 3. The van der Waals surface area contributed by atoms with E-state index in [0.717, 1.165) is 20.8 Å². The minimum atomic E-state index is -0.292. The monoisotopic (exact) mass is 426 g/mol. The van der Waals surface area contributed by atoms with Gasteiger partial charge < -0.3 is 5.32 Å². The van der Waals surface area contributed by atoms with Crippen LogP contribution in [0.2, 0.25) is 0 Å². The molecule has 4 rings (SSSR count). The third kappa shape index (κ3) is 4.33. The third-order valence-corrected chi connectivity index (χ3v) is 6.46. The fraction of sp³-hybridized carbons (Fsp3) is 0.190. The molecule has 2 aromatic heterocycles. The Morgan fingerprint density at radius 3 is 2.62 bits per heavy atom. The Kier molecular flexibility index (Phi) is 5.38. The Morgan fingerprint density at radius 1 is 1.14 bits per heavy atom. The number of halogens is 1. The highest BCUT2D eigenvalue weighted by Gasteiger charge is 2.15. The highest BCUT2D eigenvalue weighted by atomic mass is 32.2. The molecule has 2 aromatic carbocycles. The Bertz CT molecular complexity index is 1160. The van der Waals surface area contributed by atoms with E-state index in [2.05, 4.69) is 36.4 Å². The Labute approximate surface area is 176 Å². The van der Waals surface area contributed by atoms with Crippen molar-refractivity contribution in [3.05, 3.63) is 65.1 Å². The fourth-order valence-corrected chi connectivity index (χ4v) is 4.56. The molecule has 1 N–H and O–H groups in total. The molecule has 0 saturated heterocycles. The SMILES string of the molecule is Cc1cc(NC(=O)CSc2ccc(F)cc2)n(-c2nc3cc(C)c(C)cc3s2)n1. The lowest BCUT2D eigenvalue weighted by atomic mass is 10.1. The maximum atomic E-state index is 13.0. The van der Waals surface area contributed by atoms with Crippen molar-refractivity contribution in [1.29, 1.82) is 0 Å². The number of anilines is 1. The number of thioether (sulfide) groups is 1. The van der Waals surface area contributed by atoms with Crippen LogP contribution in [0, 0.1) is 26.6 Å². The van der Waals surface area contributed by atoms with Gasteiger partial charge in [-0.25, -0.2) is 9.37 Å². The molecule has 8 heteroatoms. The summed E-state index contributed by atoms with van der Waals surface area (Å²) in [6.45, 7) is 6.02. The smallest absolute Gasteiger partial charge is 0.235 e. The largest absolute Gasteiger partial charge is 0.310 e. The number of hydrogen-bond acceptors (Lipinski definition) is 5. The molecule has 2 heterocycles. The van der Waals surface area contributed by atoms with Gasteiger partial charge in [-0.3, -0.25) is 4.79 Å². The van der Waals surface area contributed by atoms with Crippen molar-refractivity contribution in [3.63, 3.8) is 0 Å². The zero-order valence-electron chi connectivity index (χ0n) is 16.2. The number of carbonyl (C=O) groups is 1. The number of benzene rings is 2. The highest BCUT2D eigenvalue weighted by Crippen LogP contribution is 2.29. The van der Waals surface area contributed by atoms with Gasteiger partial charge in [-0.1, -0.05) is 11.3 Å². The number of nitrogens with zero attached hydrogens (tertiary/aromatic N) is 3. The maximum absolute atomic E-state index is 13.0. The fourth-order valence-electron chi connectivity index (χ4n) is 2.85. The zero-order chi connectivity index (χ0) is 20.5. The predicted octanol–water partition coefficient (Wildman–Crippen LogP) is 5.28. The first-order valence-corrected chi connectivity index (χ1v) is 10.8. The Hall–Kier alpha value is -2.71. The van der Waals surface area contributed by atoms with Gasteiger partial charge >= 0.3 is 0 Å². The Morgan fingerprint density at radius 2 is 1.86 bits per heavy atom. The first-order chi connectivity index (χ1) is 13.9. The molecule has 4 aromatic rings. The van der Waals surface area contributed by atoms with Gasteiger partial charge in [0.05, 0.1) is 21.7 Å². The van der Waals surface area contributed by atoms with Gasteiger partial charge in [0.25, 0.3) is 0 Å². The van der Waals surface area contributed by atoms with Gasteiger partial charge in [0.1, 0.15) is 11.6 Å². The summed E-state index contributed by atoms with van der Waals surface area (Å²) in [5, 5.41) is 8.12. The number of carbonyl (C=O) groups excluding carboxylic acids is 1. The predicted molar refractivity (Wildman–Crippen MR) is 117 cm³/mol. The van der Waals surface area contributed by atoms with Crippen LogP contribution in [-0.4, -0.2) is 26.4 Å². The van der Waals surface area contributed by atoms with E-state index in [1.54, 1.807) is 16.8 Å². The van der Waals surface area contributed by atoms with E-state index in [0.29, 0.717) is 10.9 Å². The molecule has 0 radical (unpaired) electrons. The molecule has 0 aliphatic heterocycles. The molecule has 0 aliphatic rings. The van der Waals surface area contributed by atoms with Crippen molar-refractivity contribution in [3.8, 4) is 5.13 Å². The van der Waals surface area contributed by atoms with Gasteiger partial charge in [-0.15, -0.1) is 11.8 Å². The van der Waals surface area contributed by atoms with Crippen LogP contribution in [0.15, 0.2) is 47.4 Å². The lowest BCUT2D eigenvalue weighted by Gasteiger charge is -2.06. The number of amides is 1. The molecule has 0 saturated carbocycles. The van der Waals surface area contributed by atoms with Crippen molar-refractivity contribution in [2.24, 2.45) is 0 Å². The number of fused-ring (bicyclic) bond motifs is 1. The highest BCUT2D eigenvalue weighted by molar-refractivity contribution is 8.00. The van der Waals surface area contributed by atoms with Crippen molar-refractivity contribution in [1.82, 2.24) is 14.8 Å². The topological polar surface area (TPSA) is 59.8 Å². The van der Waals surface area contributed by atoms with Gasteiger partial charge in [0, 0.05) is 11.0 Å². The van der Waals surface area contributed by atoms with Crippen LogP contribution in [0.25, 0.3) is 15.3 Å². The van der Waals surface area contributed by atoms with E-state index >= 15 is 0 Å². The lowest BCUT2D eigenvalue weighted by Crippen LogP contribution is -2.16.